The quantitative estimate of drug-likeness (QED) is 0.803. The van der Waals surface area contributed by atoms with Crippen molar-refractivity contribution in [2.24, 2.45) is 11.8 Å². The molecular formula is C16H30N2O. The molecule has 110 valence electrons. The lowest BCUT2D eigenvalue weighted by Crippen LogP contribution is -2.39. The van der Waals surface area contributed by atoms with Crippen LogP contribution < -0.4 is 10.6 Å². The Labute approximate surface area is 117 Å². The van der Waals surface area contributed by atoms with Crippen LogP contribution in [-0.2, 0) is 4.79 Å². The van der Waals surface area contributed by atoms with Gasteiger partial charge in [0.05, 0.1) is 0 Å². The van der Waals surface area contributed by atoms with Crippen LogP contribution in [0.2, 0.25) is 0 Å². The molecule has 4 unspecified atom stereocenters. The summed E-state index contributed by atoms with van der Waals surface area (Å²) in [5.41, 5.74) is 0. The molecule has 1 heterocycles. The van der Waals surface area contributed by atoms with Crippen LogP contribution in [0, 0.1) is 11.8 Å². The highest BCUT2D eigenvalue weighted by Crippen LogP contribution is 2.33. The molecule has 0 aromatic rings. The van der Waals surface area contributed by atoms with Gasteiger partial charge in [0.1, 0.15) is 0 Å². The van der Waals surface area contributed by atoms with E-state index in [2.05, 4.69) is 24.5 Å². The third kappa shape index (κ3) is 4.20. The molecule has 0 aromatic heterocycles. The van der Waals surface area contributed by atoms with Gasteiger partial charge < -0.3 is 10.6 Å². The van der Waals surface area contributed by atoms with Crippen molar-refractivity contribution in [3.8, 4) is 0 Å². The Morgan fingerprint density at radius 2 is 2.11 bits per heavy atom. The van der Waals surface area contributed by atoms with E-state index < -0.39 is 0 Å². The SMILES string of the molecule is CCC1CCC(NC(=O)CCC2CCCCN2)C1C. The molecule has 1 saturated heterocycles. The highest BCUT2D eigenvalue weighted by molar-refractivity contribution is 5.76. The van der Waals surface area contributed by atoms with Crippen molar-refractivity contribution < 1.29 is 4.79 Å². The lowest BCUT2D eigenvalue weighted by atomic mass is 9.93. The average Bonchev–Trinajstić information content (AvgIpc) is 2.78. The van der Waals surface area contributed by atoms with Gasteiger partial charge in [-0.25, -0.2) is 0 Å². The molecule has 1 amide bonds. The summed E-state index contributed by atoms with van der Waals surface area (Å²) in [5.74, 6) is 1.73. The first-order valence-corrected chi connectivity index (χ1v) is 8.23. The molecule has 1 aliphatic heterocycles. The lowest BCUT2D eigenvalue weighted by Gasteiger charge is -2.24. The number of carbonyl (C=O) groups is 1. The number of hydrogen-bond donors (Lipinski definition) is 2. The van der Waals surface area contributed by atoms with Crippen LogP contribution in [0.5, 0.6) is 0 Å². The molecule has 3 heteroatoms. The number of carbonyl (C=O) groups excluding carboxylic acids is 1. The number of nitrogens with one attached hydrogen (secondary N) is 2. The minimum Gasteiger partial charge on any atom is -0.353 e. The van der Waals surface area contributed by atoms with Crippen LogP contribution in [0.3, 0.4) is 0 Å². The summed E-state index contributed by atoms with van der Waals surface area (Å²) < 4.78 is 0. The van der Waals surface area contributed by atoms with E-state index >= 15 is 0 Å². The van der Waals surface area contributed by atoms with Gasteiger partial charge in [-0.05, 0) is 50.5 Å². The van der Waals surface area contributed by atoms with Crippen molar-refractivity contribution >= 4 is 5.91 Å². The van der Waals surface area contributed by atoms with Crippen LogP contribution in [0.4, 0.5) is 0 Å². The van der Waals surface area contributed by atoms with Crippen molar-refractivity contribution in [1.29, 1.82) is 0 Å². The van der Waals surface area contributed by atoms with E-state index in [0.29, 0.717) is 24.4 Å². The molecule has 2 fully saturated rings. The largest absolute Gasteiger partial charge is 0.353 e. The number of amides is 1. The van der Waals surface area contributed by atoms with Gasteiger partial charge in [0.2, 0.25) is 5.91 Å². The molecule has 2 rings (SSSR count). The molecule has 1 aliphatic carbocycles. The van der Waals surface area contributed by atoms with E-state index in [4.69, 9.17) is 0 Å². The summed E-state index contributed by atoms with van der Waals surface area (Å²) in [5, 5.41) is 6.78. The fraction of sp³-hybridized carbons (Fsp3) is 0.938. The summed E-state index contributed by atoms with van der Waals surface area (Å²) in [7, 11) is 0. The van der Waals surface area contributed by atoms with Gasteiger partial charge in [0.15, 0.2) is 0 Å². The Balaban J connectivity index is 1.66. The fourth-order valence-corrected chi connectivity index (χ4v) is 3.78. The van der Waals surface area contributed by atoms with E-state index in [1.54, 1.807) is 0 Å². The highest BCUT2D eigenvalue weighted by Gasteiger charge is 2.32. The highest BCUT2D eigenvalue weighted by atomic mass is 16.1. The monoisotopic (exact) mass is 266 g/mol. The molecule has 3 nitrogen and oxygen atoms in total. The standard InChI is InChI=1S/C16H30N2O/c1-3-13-7-9-15(12(13)2)18-16(19)10-8-14-6-4-5-11-17-14/h12-15,17H,3-11H2,1-2H3,(H,18,19). The zero-order chi connectivity index (χ0) is 13.7. The van der Waals surface area contributed by atoms with Crippen molar-refractivity contribution in [3.63, 3.8) is 0 Å². The second-order valence-corrected chi connectivity index (χ2v) is 6.46. The second-order valence-electron chi connectivity index (χ2n) is 6.46. The zero-order valence-electron chi connectivity index (χ0n) is 12.6. The van der Waals surface area contributed by atoms with Crippen molar-refractivity contribution in [2.75, 3.05) is 6.54 Å². The molecular weight excluding hydrogens is 236 g/mol. The predicted molar refractivity (Wildman–Crippen MR) is 79.0 cm³/mol. The number of rotatable bonds is 5. The zero-order valence-corrected chi connectivity index (χ0v) is 12.6. The maximum absolute atomic E-state index is 12.0. The average molecular weight is 266 g/mol. The van der Waals surface area contributed by atoms with Gasteiger partial charge >= 0.3 is 0 Å². The summed E-state index contributed by atoms with van der Waals surface area (Å²) in [4.78, 5) is 12.0. The molecule has 1 saturated carbocycles. The molecule has 2 aliphatic rings. The van der Waals surface area contributed by atoms with Crippen molar-refractivity contribution in [2.45, 2.75) is 77.3 Å². The van der Waals surface area contributed by atoms with E-state index in [-0.39, 0.29) is 5.91 Å². The van der Waals surface area contributed by atoms with Gasteiger partial charge in [-0.3, -0.25) is 4.79 Å². The molecule has 2 N–H and O–H groups in total. The van der Waals surface area contributed by atoms with E-state index in [9.17, 15) is 4.79 Å². The minimum absolute atomic E-state index is 0.265. The summed E-state index contributed by atoms with van der Waals surface area (Å²) in [6, 6.07) is 1.00. The topological polar surface area (TPSA) is 41.1 Å². The summed E-state index contributed by atoms with van der Waals surface area (Å²) >= 11 is 0. The van der Waals surface area contributed by atoms with Gasteiger partial charge in [-0.2, -0.15) is 0 Å². The Morgan fingerprint density at radius 3 is 2.74 bits per heavy atom. The normalized spacial score (nSPS) is 35.3. The van der Waals surface area contributed by atoms with Crippen molar-refractivity contribution in [1.82, 2.24) is 10.6 Å². The maximum atomic E-state index is 12.0. The van der Waals surface area contributed by atoms with Crippen LogP contribution in [-0.4, -0.2) is 24.5 Å². The Bertz CT molecular complexity index is 286. The van der Waals surface area contributed by atoms with Crippen molar-refractivity contribution in [3.05, 3.63) is 0 Å². The molecule has 0 aromatic carbocycles. The second kappa shape index (κ2) is 7.28. The molecule has 0 radical (unpaired) electrons. The Morgan fingerprint density at radius 1 is 1.26 bits per heavy atom. The van der Waals surface area contributed by atoms with Gasteiger partial charge in [0.25, 0.3) is 0 Å². The third-order valence-electron chi connectivity index (χ3n) is 5.23. The molecule has 0 bridgehead atoms. The minimum atomic E-state index is 0.265. The van der Waals surface area contributed by atoms with E-state index in [1.807, 2.05) is 0 Å². The fourth-order valence-electron chi connectivity index (χ4n) is 3.78. The number of hydrogen-bond acceptors (Lipinski definition) is 2. The lowest BCUT2D eigenvalue weighted by molar-refractivity contribution is -0.122. The summed E-state index contributed by atoms with van der Waals surface area (Å²) in [6.45, 7) is 5.69. The van der Waals surface area contributed by atoms with Crippen LogP contribution in [0.1, 0.15) is 65.2 Å². The van der Waals surface area contributed by atoms with Gasteiger partial charge in [0, 0.05) is 18.5 Å². The molecule has 4 atom stereocenters. The number of piperidine rings is 1. The van der Waals surface area contributed by atoms with E-state index in [1.165, 1.54) is 38.5 Å². The smallest absolute Gasteiger partial charge is 0.220 e. The first kappa shape index (κ1) is 14.8. The van der Waals surface area contributed by atoms with Crippen LogP contribution >= 0.6 is 0 Å². The van der Waals surface area contributed by atoms with Gasteiger partial charge in [-0.1, -0.05) is 26.7 Å². The Hall–Kier alpha value is -0.570. The van der Waals surface area contributed by atoms with Crippen LogP contribution in [0.15, 0.2) is 0 Å². The third-order valence-corrected chi connectivity index (χ3v) is 5.23. The maximum Gasteiger partial charge on any atom is 0.220 e. The Kier molecular flexibility index (Phi) is 5.68. The molecule has 19 heavy (non-hydrogen) atoms. The first-order chi connectivity index (χ1) is 9.20. The van der Waals surface area contributed by atoms with Crippen LogP contribution in [0.25, 0.3) is 0 Å². The first-order valence-electron chi connectivity index (χ1n) is 8.23. The summed E-state index contributed by atoms with van der Waals surface area (Å²) in [6.07, 6.45) is 9.25. The molecule has 0 spiro atoms. The van der Waals surface area contributed by atoms with E-state index in [0.717, 1.165) is 18.9 Å². The van der Waals surface area contributed by atoms with Gasteiger partial charge in [-0.15, -0.1) is 0 Å². The predicted octanol–water partition coefficient (Wildman–Crippen LogP) is 2.85.